The lowest BCUT2D eigenvalue weighted by molar-refractivity contribution is 0.106. The summed E-state index contributed by atoms with van der Waals surface area (Å²) in [7, 11) is 0. The first-order valence-electron chi connectivity index (χ1n) is 3.27. The van der Waals surface area contributed by atoms with E-state index in [9.17, 15) is 13.6 Å². The van der Waals surface area contributed by atoms with Crippen molar-refractivity contribution in [2.24, 2.45) is 0 Å². The Hall–Kier alpha value is 0.180. The van der Waals surface area contributed by atoms with E-state index in [2.05, 4.69) is 20.9 Å². The molecule has 0 amide bonds. The van der Waals surface area contributed by atoms with E-state index in [0.29, 0.717) is 3.57 Å². The van der Waals surface area contributed by atoms with Crippen molar-refractivity contribution < 1.29 is 13.6 Å². The molecule has 2 nitrogen and oxygen atoms in total. The van der Waals surface area contributed by atoms with Gasteiger partial charge in [-0.15, -0.1) is 0 Å². The summed E-state index contributed by atoms with van der Waals surface area (Å²) in [6.07, 6.45) is -1.57. The Morgan fingerprint density at radius 2 is 2.21 bits per heavy atom. The van der Waals surface area contributed by atoms with Crippen LogP contribution in [-0.4, -0.2) is 10.2 Å². The van der Waals surface area contributed by atoms with Crippen molar-refractivity contribution in [3.8, 4) is 0 Å². The molecule has 1 heterocycles. The van der Waals surface area contributed by atoms with Gasteiger partial charge in [-0.1, -0.05) is 0 Å². The van der Waals surface area contributed by atoms with E-state index in [-0.39, 0.29) is 10.0 Å². The third kappa shape index (κ3) is 2.40. The molecule has 0 aliphatic carbocycles. The summed E-state index contributed by atoms with van der Waals surface area (Å²) >= 11 is 10.1. The number of hydrogen-bond donors (Lipinski definition) is 0. The van der Waals surface area contributed by atoms with Crippen molar-refractivity contribution in [3.63, 3.8) is 0 Å². The number of pyridine rings is 1. The van der Waals surface area contributed by atoms with Crippen LogP contribution < -0.4 is 0 Å². The van der Waals surface area contributed by atoms with Crippen LogP contribution in [0.2, 0.25) is 0 Å². The van der Waals surface area contributed by atoms with Crippen LogP contribution in [0.25, 0.3) is 0 Å². The summed E-state index contributed by atoms with van der Waals surface area (Å²) in [6.45, 7) is 0. The zero-order valence-corrected chi connectivity index (χ0v) is 10.9. The highest BCUT2D eigenvalue weighted by atomic mass is 127. The number of halogens is 5. The molecule has 0 aromatic carbocycles. The molecule has 1 aromatic heterocycles. The quantitative estimate of drug-likeness (QED) is 0.563. The lowest BCUT2D eigenvalue weighted by Crippen LogP contribution is -2.04. The average molecular weight is 396 g/mol. The number of aromatic nitrogens is 1. The van der Waals surface area contributed by atoms with E-state index in [1.807, 2.05) is 22.6 Å². The third-order valence-electron chi connectivity index (χ3n) is 1.41. The Bertz CT molecular complexity index is 388. The van der Waals surface area contributed by atoms with Gasteiger partial charge < -0.3 is 0 Å². The Kier molecular flexibility index (Phi) is 4.20. The molecule has 1 rings (SSSR count). The minimum absolute atomic E-state index is 0.253. The molecule has 0 N–H and O–H groups in total. The van der Waals surface area contributed by atoms with Crippen molar-refractivity contribution in [2.45, 2.75) is 6.43 Å². The predicted octanol–water partition coefficient (Wildman–Crippen LogP) is 3.77. The monoisotopic (exact) mass is 395 g/mol. The van der Waals surface area contributed by atoms with Crippen LogP contribution >= 0.6 is 50.1 Å². The molecule has 0 saturated carbocycles. The Morgan fingerprint density at radius 1 is 1.64 bits per heavy atom. The molecule has 0 spiro atoms. The summed E-state index contributed by atoms with van der Waals surface area (Å²) in [5.41, 5.74) is -0.870. The number of hydrogen-bond acceptors (Lipinski definition) is 2. The summed E-state index contributed by atoms with van der Waals surface area (Å²) < 4.78 is 25.6. The van der Waals surface area contributed by atoms with Crippen molar-refractivity contribution in [3.05, 3.63) is 25.5 Å². The van der Waals surface area contributed by atoms with Gasteiger partial charge in [0.2, 0.25) is 0 Å². The molecule has 14 heavy (non-hydrogen) atoms. The molecular formula is C7H2BrClF2INO. The Morgan fingerprint density at radius 3 is 2.64 bits per heavy atom. The molecule has 0 saturated heterocycles. The second-order valence-electron chi connectivity index (χ2n) is 2.25. The highest BCUT2D eigenvalue weighted by molar-refractivity contribution is 14.1. The molecule has 0 bridgehead atoms. The number of carbonyl (C=O) groups is 1. The molecule has 76 valence electrons. The third-order valence-corrected chi connectivity index (χ3v) is 3.98. The summed E-state index contributed by atoms with van der Waals surface area (Å²) in [5, 5.41) is -0.946. The van der Waals surface area contributed by atoms with Crippen LogP contribution in [0.5, 0.6) is 0 Å². The van der Waals surface area contributed by atoms with E-state index in [4.69, 9.17) is 11.6 Å². The maximum atomic E-state index is 12.4. The fourth-order valence-electron chi connectivity index (χ4n) is 0.832. The zero-order valence-electron chi connectivity index (χ0n) is 6.40. The van der Waals surface area contributed by atoms with Crippen molar-refractivity contribution in [1.82, 2.24) is 4.98 Å². The minimum atomic E-state index is -2.82. The van der Waals surface area contributed by atoms with Gasteiger partial charge in [0.25, 0.3) is 11.7 Å². The first-order chi connectivity index (χ1) is 6.45. The van der Waals surface area contributed by atoms with Gasteiger partial charge in [-0.3, -0.25) is 9.78 Å². The summed E-state index contributed by atoms with van der Waals surface area (Å²) in [4.78, 5) is 14.4. The Labute approximate surface area is 105 Å². The van der Waals surface area contributed by atoms with E-state index in [1.54, 1.807) is 0 Å². The number of alkyl halides is 2. The maximum Gasteiger partial charge on any atom is 0.281 e. The van der Waals surface area contributed by atoms with Crippen molar-refractivity contribution in [1.29, 1.82) is 0 Å². The minimum Gasteiger partial charge on any atom is -0.275 e. The average Bonchev–Trinajstić information content (AvgIpc) is 2.08. The van der Waals surface area contributed by atoms with Crippen LogP contribution in [0.3, 0.4) is 0 Å². The molecule has 0 atom stereocenters. The molecule has 0 radical (unpaired) electrons. The molecule has 0 aliphatic heterocycles. The normalized spacial score (nSPS) is 10.7. The Balaban J connectivity index is 3.45. The molecular weight excluding hydrogens is 394 g/mol. The lowest BCUT2D eigenvalue weighted by Gasteiger charge is -2.07. The first kappa shape index (κ1) is 12.3. The predicted molar refractivity (Wildman–Crippen MR) is 59.8 cm³/mol. The summed E-state index contributed by atoms with van der Waals surface area (Å²) in [6, 6.07) is 0. The van der Waals surface area contributed by atoms with E-state index < -0.39 is 17.4 Å². The van der Waals surface area contributed by atoms with E-state index in [1.165, 1.54) is 6.20 Å². The van der Waals surface area contributed by atoms with E-state index >= 15 is 0 Å². The van der Waals surface area contributed by atoms with E-state index in [0.717, 1.165) is 0 Å². The molecule has 1 aromatic rings. The highest BCUT2D eigenvalue weighted by Gasteiger charge is 2.23. The standard InChI is InChI=1S/C7H2BrClF2INO/c8-4-2(12)1-13-5(7(10)11)3(4)6(9)14/h1,7H. The topological polar surface area (TPSA) is 30.0 Å². The van der Waals surface area contributed by atoms with Crippen LogP contribution in [0.4, 0.5) is 8.78 Å². The fraction of sp³-hybridized carbons (Fsp3) is 0.143. The SMILES string of the molecule is O=C(Cl)c1c(C(F)F)ncc(I)c1Br. The fourth-order valence-corrected chi connectivity index (χ4v) is 2.03. The van der Waals surface area contributed by atoms with Gasteiger partial charge in [0.05, 0.1) is 5.56 Å². The number of nitrogens with zero attached hydrogens (tertiary/aromatic N) is 1. The van der Waals surface area contributed by atoms with Gasteiger partial charge in [0, 0.05) is 14.2 Å². The van der Waals surface area contributed by atoms with Gasteiger partial charge in [0.1, 0.15) is 5.69 Å². The van der Waals surface area contributed by atoms with Gasteiger partial charge in [-0.25, -0.2) is 8.78 Å². The molecule has 0 aliphatic rings. The first-order valence-corrected chi connectivity index (χ1v) is 5.52. The second-order valence-corrected chi connectivity index (χ2v) is 4.55. The summed E-state index contributed by atoms with van der Waals surface area (Å²) in [5.74, 6) is 0. The van der Waals surface area contributed by atoms with Crippen LogP contribution in [0.1, 0.15) is 22.5 Å². The van der Waals surface area contributed by atoms with Crippen LogP contribution in [0, 0.1) is 3.57 Å². The van der Waals surface area contributed by atoms with Crippen molar-refractivity contribution in [2.75, 3.05) is 0 Å². The zero-order chi connectivity index (χ0) is 10.9. The number of rotatable bonds is 2. The second kappa shape index (κ2) is 4.80. The van der Waals surface area contributed by atoms with Crippen LogP contribution in [0.15, 0.2) is 10.7 Å². The van der Waals surface area contributed by atoms with Crippen molar-refractivity contribution >= 4 is 55.4 Å². The number of carbonyl (C=O) groups excluding carboxylic acids is 1. The lowest BCUT2D eigenvalue weighted by atomic mass is 10.2. The maximum absolute atomic E-state index is 12.4. The smallest absolute Gasteiger partial charge is 0.275 e. The highest BCUT2D eigenvalue weighted by Crippen LogP contribution is 2.31. The molecule has 7 heteroatoms. The van der Waals surface area contributed by atoms with Gasteiger partial charge in [-0.2, -0.15) is 0 Å². The van der Waals surface area contributed by atoms with Crippen LogP contribution in [-0.2, 0) is 0 Å². The molecule has 0 fully saturated rings. The van der Waals surface area contributed by atoms with Gasteiger partial charge in [-0.05, 0) is 50.1 Å². The van der Waals surface area contributed by atoms with Gasteiger partial charge in [0.15, 0.2) is 0 Å². The largest absolute Gasteiger partial charge is 0.281 e. The van der Waals surface area contributed by atoms with Gasteiger partial charge >= 0.3 is 0 Å². The molecule has 0 unspecified atom stereocenters.